The maximum atomic E-state index is 13.4. The molecule has 0 unspecified atom stereocenters. The Morgan fingerprint density at radius 2 is 1.62 bits per heavy atom. The molecule has 166 valence electrons. The highest BCUT2D eigenvalue weighted by atomic mass is 32.1. The summed E-state index contributed by atoms with van der Waals surface area (Å²) >= 11 is 1.32. The molecule has 2 amide bonds. The van der Waals surface area contributed by atoms with E-state index >= 15 is 0 Å². The molecule has 0 aliphatic rings. The van der Waals surface area contributed by atoms with E-state index in [0.29, 0.717) is 17.2 Å². The first kappa shape index (κ1) is 23.1. The smallest absolute Gasteiger partial charge is 0.333 e. The fraction of sp³-hybridized carbons (Fsp3) is 0.174. The van der Waals surface area contributed by atoms with Crippen molar-refractivity contribution in [3.8, 4) is 0 Å². The molecule has 0 aliphatic carbocycles. The average molecular weight is 458 g/mol. The molecule has 32 heavy (non-hydrogen) atoms. The van der Waals surface area contributed by atoms with Crippen LogP contribution in [0.4, 0.5) is 8.78 Å². The first-order chi connectivity index (χ1) is 15.4. The molecule has 3 aromatic rings. The van der Waals surface area contributed by atoms with Crippen LogP contribution >= 0.6 is 11.3 Å². The van der Waals surface area contributed by atoms with Crippen LogP contribution < -0.4 is 10.6 Å². The average Bonchev–Trinajstić information content (AvgIpc) is 3.29. The number of rotatable bonds is 8. The van der Waals surface area contributed by atoms with Crippen LogP contribution in [0.25, 0.3) is 0 Å². The van der Waals surface area contributed by atoms with Crippen LogP contribution in [0.5, 0.6) is 0 Å². The van der Waals surface area contributed by atoms with E-state index in [1.54, 1.807) is 47.2 Å². The highest BCUT2D eigenvalue weighted by Crippen LogP contribution is 2.21. The van der Waals surface area contributed by atoms with Crippen molar-refractivity contribution in [1.82, 2.24) is 10.6 Å². The molecule has 0 bridgehead atoms. The predicted octanol–water partition coefficient (Wildman–Crippen LogP) is 3.46. The standard InChI is InChI=1S/C23H20F2N2O4S/c1-31-23(30)21(15-5-3-2-4-6-15)27-22(29)20(16-7-8-32-13-16)26-19(28)11-14-9-17(24)12-18(25)10-14/h2-10,12-13,20-21H,11H2,1H3,(H,26,28)(H,27,29)/t20-,21-/m0/s1. The zero-order chi connectivity index (χ0) is 23.1. The molecular formula is C23H20F2N2O4S. The van der Waals surface area contributed by atoms with Crippen molar-refractivity contribution >= 4 is 29.1 Å². The molecule has 3 rings (SSSR count). The Kier molecular flexibility index (Phi) is 7.67. The Labute approximate surface area is 187 Å². The van der Waals surface area contributed by atoms with Gasteiger partial charge in [0.25, 0.3) is 0 Å². The molecule has 2 atom stereocenters. The molecule has 2 N–H and O–H groups in total. The molecule has 1 heterocycles. The van der Waals surface area contributed by atoms with E-state index in [9.17, 15) is 23.2 Å². The number of nitrogens with one attached hydrogen (secondary N) is 2. The van der Waals surface area contributed by atoms with Gasteiger partial charge in [-0.1, -0.05) is 30.3 Å². The summed E-state index contributed by atoms with van der Waals surface area (Å²) in [7, 11) is 1.21. The van der Waals surface area contributed by atoms with Crippen LogP contribution in [-0.2, 0) is 25.5 Å². The van der Waals surface area contributed by atoms with Crippen molar-refractivity contribution in [2.24, 2.45) is 0 Å². The first-order valence-electron chi connectivity index (χ1n) is 9.57. The summed E-state index contributed by atoms with van der Waals surface area (Å²) in [4.78, 5) is 38.0. The molecular weight excluding hydrogens is 438 g/mol. The van der Waals surface area contributed by atoms with Crippen molar-refractivity contribution in [3.05, 3.63) is 93.7 Å². The number of amides is 2. The van der Waals surface area contributed by atoms with E-state index in [1.807, 2.05) is 0 Å². The molecule has 0 fully saturated rings. The topological polar surface area (TPSA) is 84.5 Å². The molecule has 0 saturated heterocycles. The van der Waals surface area contributed by atoms with Crippen LogP contribution in [0, 0.1) is 11.6 Å². The van der Waals surface area contributed by atoms with E-state index < -0.39 is 41.5 Å². The van der Waals surface area contributed by atoms with Gasteiger partial charge in [0.2, 0.25) is 11.8 Å². The number of methoxy groups -OCH3 is 1. The Morgan fingerprint density at radius 1 is 0.938 bits per heavy atom. The van der Waals surface area contributed by atoms with Gasteiger partial charge in [0.1, 0.15) is 17.7 Å². The largest absolute Gasteiger partial charge is 0.467 e. The number of carbonyl (C=O) groups excluding carboxylic acids is 3. The van der Waals surface area contributed by atoms with Gasteiger partial charge in [0.05, 0.1) is 13.5 Å². The Hall–Kier alpha value is -3.59. The lowest BCUT2D eigenvalue weighted by Crippen LogP contribution is -2.44. The maximum absolute atomic E-state index is 13.4. The van der Waals surface area contributed by atoms with Crippen molar-refractivity contribution < 1.29 is 27.9 Å². The van der Waals surface area contributed by atoms with Crippen molar-refractivity contribution in [3.63, 3.8) is 0 Å². The van der Waals surface area contributed by atoms with Gasteiger partial charge in [0, 0.05) is 6.07 Å². The minimum absolute atomic E-state index is 0.126. The van der Waals surface area contributed by atoms with Crippen molar-refractivity contribution in [2.75, 3.05) is 7.11 Å². The number of ether oxygens (including phenoxy) is 1. The van der Waals surface area contributed by atoms with Crippen molar-refractivity contribution in [1.29, 1.82) is 0 Å². The lowest BCUT2D eigenvalue weighted by molar-refractivity contribution is -0.145. The lowest BCUT2D eigenvalue weighted by Gasteiger charge is -2.22. The normalized spacial score (nSPS) is 12.5. The van der Waals surface area contributed by atoms with Gasteiger partial charge in [-0.05, 0) is 45.6 Å². The molecule has 0 aliphatic heterocycles. The van der Waals surface area contributed by atoms with Gasteiger partial charge in [0.15, 0.2) is 6.04 Å². The van der Waals surface area contributed by atoms with Gasteiger partial charge in [-0.3, -0.25) is 9.59 Å². The SMILES string of the molecule is COC(=O)[C@@H](NC(=O)[C@@H](NC(=O)Cc1cc(F)cc(F)c1)c1ccsc1)c1ccccc1. The zero-order valence-electron chi connectivity index (χ0n) is 17.0. The first-order valence-corrected chi connectivity index (χ1v) is 10.5. The molecule has 1 aromatic heterocycles. The number of carbonyl (C=O) groups is 3. The summed E-state index contributed by atoms with van der Waals surface area (Å²) in [6, 6.07) is 10.8. The van der Waals surface area contributed by atoms with Gasteiger partial charge in [-0.25, -0.2) is 13.6 Å². The molecule has 9 heteroatoms. The van der Waals surface area contributed by atoms with Crippen LogP contribution in [0.3, 0.4) is 0 Å². The Bertz CT molecular complexity index is 1070. The van der Waals surface area contributed by atoms with Crippen LogP contribution in [-0.4, -0.2) is 24.9 Å². The minimum Gasteiger partial charge on any atom is -0.467 e. The van der Waals surface area contributed by atoms with Crippen molar-refractivity contribution in [2.45, 2.75) is 18.5 Å². The van der Waals surface area contributed by atoms with Gasteiger partial charge in [-0.15, -0.1) is 0 Å². The number of halogens is 2. The fourth-order valence-corrected chi connectivity index (χ4v) is 3.80. The van der Waals surface area contributed by atoms with E-state index in [2.05, 4.69) is 10.6 Å². The van der Waals surface area contributed by atoms with E-state index in [0.717, 1.165) is 12.1 Å². The van der Waals surface area contributed by atoms with Crippen LogP contribution in [0.1, 0.15) is 28.8 Å². The third-order valence-electron chi connectivity index (χ3n) is 4.59. The number of hydrogen-bond acceptors (Lipinski definition) is 5. The fourth-order valence-electron chi connectivity index (χ4n) is 3.12. The molecule has 0 saturated carbocycles. The van der Waals surface area contributed by atoms with E-state index in [4.69, 9.17) is 4.74 Å². The van der Waals surface area contributed by atoms with E-state index in [-0.39, 0.29) is 12.0 Å². The lowest BCUT2D eigenvalue weighted by atomic mass is 10.0. The molecule has 0 spiro atoms. The number of hydrogen-bond donors (Lipinski definition) is 2. The summed E-state index contributed by atoms with van der Waals surface area (Å²) in [5.74, 6) is -3.53. The summed E-state index contributed by atoms with van der Waals surface area (Å²) in [5, 5.41) is 8.61. The summed E-state index contributed by atoms with van der Waals surface area (Å²) in [6.07, 6.45) is -0.332. The highest BCUT2D eigenvalue weighted by molar-refractivity contribution is 7.08. The van der Waals surface area contributed by atoms with Gasteiger partial charge >= 0.3 is 5.97 Å². The second-order valence-corrected chi connectivity index (χ2v) is 7.67. The maximum Gasteiger partial charge on any atom is 0.333 e. The Balaban J connectivity index is 1.79. The molecule has 6 nitrogen and oxygen atoms in total. The van der Waals surface area contributed by atoms with Gasteiger partial charge < -0.3 is 15.4 Å². The summed E-state index contributed by atoms with van der Waals surface area (Å²) in [5.41, 5.74) is 1.14. The van der Waals surface area contributed by atoms with Crippen LogP contribution in [0.15, 0.2) is 65.4 Å². The number of benzene rings is 2. The van der Waals surface area contributed by atoms with Crippen LogP contribution in [0.2, 0.25) is 0 Å². The monoisotopic (exact) mass is 458 g/mol. The summed E-state index contributed by atoms with van der Waals surface area (Å²) < 4.78 is 31.7. The minimum atomic E-state index is -1.12. The Morgan fingerprint density at radius 3 is 2.22 bits per heavy atom. The van der Waals surface area contributed by atoms with E-state index in [1.165, 1.54) is 18.4 Å². The number of thiophene rings is 1. The third-order valence-corrected chi connectivity index (χ3v) is 5.29. The second kappa shape index (κ2) is 10.6. The number of esters is 1. The highest BCUT2D eigenvalue weighted by Gasteiger charge is 2.29. The third kappa shape index (κ3) is 5.98. The molecule has 0 radical (unpaired) electrons. The quantitative estimate of drug-likeness (QED) is 0.507. The predicted molar refractivity (Wildman–Crippen MR) is 115 cm³/mol. The summed E-state index contributed by atoms with van der Waals surface area (Å²) in [6.45, 7) is 0. The van der Waals surface area contributed by atoms with Gasteiger partial charge in [-0.2, -0.15) is 11.3 Å². The second-order valence-electron chi connectivity index (χ2n) is 6.89. The molecule has 2 aromatic carbocycles. The zero-order valence-corrected chi connectivity index (χ0v) is 17.8.